The summed E-state index contributed by atoms with van der Waals surface area (Å²) in [6.45, 7) is 2.41. The second-order valence-corrected chi connectivity index (χ2v) is 6.05. The summed E-state index contributed by atoms with van der Waals surface area (Å²) in [7, 11) is 0. The van der Waals surface area contributed by atoms with E-state index >= 15 is 0 Å². The molecule has 2 rings (SSSR count). The Balaban J connectivity index is 1.55. The SMILES string of the molecule is O=C(O)c1ccccc1SCCNCCCOc1ccccc1. The number of rotatable bonds is 10. The molecule has 0 aliphatic carbocycles. The second kappa shape index (κ2) is 9.92. The Morgan fingerprint density at radius 1 is 1.04 bits per heavy atom. The summed E-state index contributed by atoms with van der Waals surface area (Å²) in [6.07, 6.45) is 0.936. The Labute approximate surface area is 140 Å². The van der Waals surface area contributed by atoms with Crippen LogP contribution in [0.5, 0.6) is 5.75 Å². The largest absolute Gasteiger partial charge is 0.494 e. The average Bonchev–Trinajstić information content (AvgIpc) is 2.58. The maximum absolute atomic E-state index is 11.1. The van der Waals surface area contributed by atoms with Crippen molar-refractivity contribution in [1.29, 1.82) is 0 Å². The number of aromatic carboxylic acids is 1. The monoisotopic (exact) mass is 331 g/mol. The standard InChI is InChI=1S/C18H21NO3S/c20-18(21)16-9-4-5-10-17(16)23-14-12-19-11-6-13-22-15-7-2-1-3-8-15/h1-5,7-10,19H,6,11-14H2,(H,20,21). The van der Waals surface area contributed by atoms with Crippen molar-refractivity contribution in [3.8, 4) is 5.75 Å². The Morgan fingerprint density at radius 2 is 1.78 bits per heavy atom. The van der Waals surface area contributed by atoms with Crippen LogP contribution in [0.2, 0.25) is 0 Å². The number of nitrogens with one attached hydrogen (secondary N) is 1. The highest BCUT2D eigenvalue weighted by atomic mass is 32.2. The van der Waals surface area contributed by atoms with Gasteiger partial charge in [-0.2, -0.15) is 0 Å². The molecule has 5 heteroatoms. The van der Waals surface area contributed by atoms with Gasteiger partial charge in [0.15, 0.2) is 0 Å². The quantitative estimate of drug-likeness (QED) is 0.515. The van der Waals surface area contributed by atoms with Crippen molar-refractivity contribution in [2.45, 2.75) is 11.3 Å². The van der Waals surface area contributed by atoms with Crippen molar-refractivity contribution >= 4 is 17.7 Å². The van der Waals surface area contributed by atoms with Gasteiger partial charge in [0, 0.05) is 17.2 Å². The highest BCUT2D eigenvalue weighted by molar-refractivity contribution is 7.99. The molecule has 4 nitrogen and oxygen atoms in total. The van der Waals surface area contributed by atoms with E-state index in [9.17, 15) is 4.79 Å². The number of carboxylic acid groups (broad SMARTS) is 1. The number of benzene rings is 2. The molecule has 2 N–H and O–H groups in total. The summed E-state index contributed by atoms with van der Waals surface area (Å²) < 4.78 is 5.61. The summed E-state index contributed by atoms with van der Waals surface area (Å²) in [4.78, 5) is 11.9. The Bertz CT molecular complexity index is 604. The molecule has 0 saturated heterocycles. The smallest absolute Gasteiger partial charge is 0.336 e. The van der Waals surface area contributed by atoms with Crippen molar-refractivity contribution in [1.82, 2.24) is 5.32 Å². The molecule has 0 fully saturated rings. The molecule has 0 aromatic heterocycles. The molecule has 0 heterocycles. The van der Waals surface area contributed by atoms with Gasteiger partial charge in [0.2, 0.25) is 0 Å². The number of para-hydroxylation sites is 1. The number of hydrogen-bond acceptors (Lipinski definition) is 4. The third-order valence-corrected chi connectivity index (χ3v) is 4.24. The van der Waals surface area contributed by atoms with Gasteiger partial charge in [0.25, 0.3) is 0 Å². The number of carbonyl (C=O) groups is 1. The zero-order valence-electron chi connectivity index (χ0n) is 12.9. The second-order valence-electron chi connectivity index (χ2n) is 4.91. The number of carboxylic acids is 1. The van der Waals surface area contributed by atoms with Crippen molar-refractivity contribution in [2.75, 3.05) is 25.4 Å². The summed E-state index contributed by atoms with van der Waals surface area (Å²) in [5.74, 6) is 0.858. The van der Waals surface area contributed by atoms with Crippen LogP contribution in [-0.2, 0) is 0 Å². The van der Waals surface area contributed by atoms with E-state index in [1.54, 1.807) is 23.9 Å². The fourth-order valence-electron chi connectivity index (χ4n) is 2.03. The first-order valence-corrected chi connectivity index (χ1v) is 8.59. The zero-order chi connectivity index (χ0) is 16.3. The van der Waals surface area contributed by atoms with Crippen molar-refractivity contribution < 1.29 is 14.6 Å². The van der Waals surface area contributed by atoms with Crippen LogP contribution in [0.1, 0.15) is 16.8 Å². The van der Waals surface area contributed by atoms with Crippen LogP contribution in [-0.4, -0.2) is 36.5 Å². The Morgan fingerprint density at radius 3 is 2.57 bits per heavy atom. The van der Waals surface area contributed by atoms with E-state index in [4.69, 9.17) is 9.84 Å². The number of hydrogen-bond donors (Lipinski definition) is 2. The summed E-state index contributed by atoms with van der Waals surface area (Å²) in [5, 5.41) is 12.5. The van der Waals surface area contributed by atoms with Crippen LogP contribution in [0.15, 0.2) is 59.5 Å². The third kappa shape index (κ3) is 6.34. The van der Waals surface area contributed by atoms with Crippen LogP contribution < -0.4 is 10.1 Å². The Hall–Kier alpha value is -1.98. The molecule has 0 atom stereocenters. The van der Waals surface area contributed by atoms with Gasteiger partial charge in [0.1, 0.15) is 5.75 Å². The molecule has 2 aromatic rings. The maximum Gasteiger partial charge on any atom is 0.336 e. The van der Waals surface area contributed by atoms with E-state index < -0.39 is 5.97 Å². The molecular weight excluding hydrogens is 310 g/mol. The molecule has 0 bridgehead atoms. The van der Waals surface area contributed by atoms with E-state index in [1.807, 2.05) is 42.5 Å². The molecule has 0 saturated carbocycles. The lowest BCUT2D eigenvalue weighted by molar-refractivity contribution is 0.0693. The van der Waals surface area contributed by atoms with Gasteiger partial charge < -0.3 is 15.2 Å². The number of thioether (sulfide) groups is 1. The van der Waals surface area contributed by atoms with E-state index in [0.29, 0.717) is 12.2 Å². The minimum atomic E-state index is -0.876. The van der Waals surface area contributed by atoms with Crippen LogP contribution in [0.3, 0.4) is 0 Å². The topological polar surface area (TPSA) is 58.6 Å². The van der Waals surface area contributed by atoms with Crippen molar-refractivity contribution in [3.05, 3.63) is 60.2 Å². The highest BCUT2D eigenvalue weighted by Crippen LogP contribution is 2.22. The first-order valence-electron chi connectivity index (χ1n) is 7.61. The molecule has 122 valence electrons. The van der Waals surface area contributed by atoms with E-state index in [2.05, 4.69) is 5.32 Å². The van der Waals surface area contributed by atoms with Gasteiger partial charge in [-0.3, -0.25) is 0 Å². The van der Waals surface area contributed by atoms with Gasteiger partial charge in [0.05, 0.1) is 12.2 Å². The van der Waals surface area contributed by atoms with Crippen LogP contribution >= 0.6 is 11.8 Å². The van der Waals surface area contributed by atoms with Crippen molar-refractivity contribution in [2.24, 2.45) is 0 Å². The molecule has 0 spiro atoms. The molecule has 0 radical (unpaired) electrons. The van der Waals surface area contributed by atoms with Gasteiger partial charge >= 0.3 is 5.97 Å². The van der Waals surface area contributed by atoms with Crippen LogP contribution in [0.25, 0.3) is 0 Å². The van der Waals surface area contributed by atoms with Crippen LogP contribution in [0, 0.1) is 0 Å². The molecule has 2 aromatic carbocycles. The molecule has 0 amide bonds. The minimum Gasteiger partial charge on any atom is -0.494 e. The van der Waals surface area contributed by atoms with Crippen molar-refractivity contribution in [3.63, 3.8) is 0 Å². The average molecular weight is 331 g/mol. The fourth-order valence-corrected chi connectivity index (χ4v) is 2.98. The van der Waals surface area contributed by atoms with Gasteiger partial charge in [-0.15, -0.1) is 11.8 Å². The molecule has 23 heavy (non-hydrogen) atoms. The Kier molecular flexibility index (Phi) is 7.49. The lowest BCUT2D eigenvalue weighted by Gasteiger charge is -2.08. The molecule has 0 aliphatic heterocycles. The first kappa shape index (κ1) is 17.4. The minimum absolute atomic E-state index is 0.369. The molecular formula is C18H21NO3S. The van der Waals surface area contributed by atoms with Gasteiger partial charge in [-0.05, 0) is 37.2 Å². The predicted octanol–water partition coefficient (Wildman–Crippen LogP) is 3.54. The molecule has 0 aliphatic rings. The first-order chi connectivity index (χ1) is 11.3. The lowest BCUT2D eigenvalue weighted by atomic mass is 10.2. The van der Waals surface area contributed by atoms with Crippen LogP contribution in [0.4, 0.5) is 0 Å². The molecule has 0 unspecified atom stereocenters. The normalized spacial score (nSPS) is 10.4. The van der Waals surface area contributed by atoms with Gasteiger partial charge in [-0.25, -0.2) is 4.79 Å². The number of ether oxygens (including phenoxy) is 1. The zero-order valence-corrected chi connectivity index (χ0v) is 13.7. The summed E-state index contributed by atoms with van der Waals surface area (Å²) in [5.41, 5.74) is 0.369. The third-order valence-electron chi connectivity index (χ3n) is 3.16. The predicted molar refractivity (Wildman–Crippen MR) is 93.5 cm³/mol. The van der Waals surface area contributed by atoms with Gasteiger partial charge in [-0.1, -0.05) is 30.3 Å². The maximum atomic E-state index is 11.1. The van der Waals surface area contributed by atoms with E-state index in [-0.39, 0.29) is 0 Å². The highest BCUT2D eigenvalue weighted by Gasteiger charge is 2.08. The summed E-state index contributed by atoms with van der Waals surface area (Å²) >= 11 is 1.56. The van der Waals surface area contributed by atoms with E-state index in [1.165, 1.54) is 0 Å². The van der Waals surface area contributed by atoms with E-state index in [0.717, 1.165) is 35.9 Å². The summed E-state index contributed by atoms with van der Waals surface area (Å²) in [6, 6.07) is 16.9. The fraction of sp³-hybridized carbons (Fsp3) is 0.278. The lowest BCUT2D eigenvalue weighted by Crippen LogP contribution is -2.20.